The molecule has 0 aliphatic carbocycles. The number of esters is 1. The van der Waals surface area contributed by atoms with E-state index in [0.29, 0.717) is 18.6 Å². The number of hydrogen-bond acceptors (Lipinski definition) is 5. The van der Waals surface area contributed by atoms with Crippen molar-refractivity contribution < 1.29 is 23.8 Å². The van der Waals surface area contributed by atoms with Crippen molar-refractivity contribution in [1.82, 2.24) is 0 Å². The lowest BCUT2D eigenvalue weighted by Crippen LogP contribution is -2.39. The minimum absolute atomic E-state index is 0.120. The van der Waals surface area contributed by atoms with E-state index in [1.54, 1.807) is 6.92 Å². The van der Waals surface area contributed by atoms with Crippen LogP contribution >= 0.6 is 0 Å². The number of fused-ring (bicyclic) bond motifs is 1. The van der Waals surface area contributed by atoms with Crippen molar-refractivity contribution in [3.05, 3.63) is 27.8 Å². The van der Waals surface area contributed by atoms with E-state index in [-0.39, 0.29) is 11.3 Å². The van der Waals surface area contributed by atoms with E-state index in [1.807, 2.05) is 6.92 Å². The van der Waals surface area contributed by atoms with Crippen molar-refractivity contribution >= 4 is 11.9 Å². The molecule has 0 unspecified atom stereocenters. The van der Waals surface area contributed by atoms with E-state index in [4.69, 9.17) is 14.3 Å². The van der Waals surface area contributed by atoms with Crippen LogP contribution < -0.4 is 10.4 Å². The summed E-state index contributed by atoms with van der Waals surface area (Å²) >= 11 is 0. The van der Waals surface area contributed by atoms with Gasteiger partial charge in [0.1, 0.15) is 11.5 Å². The molecule has 2 rings (SSSR count). The molecule has 1 aromatic heterocycles. The van der Waals surface area contributed by atoms with Crippen LogP contribution in [0.2, 0.25) is 0 Å². The van der Waals surface area contributed by atoms with Crippen molar-refractivity contribution in [2.24, 2.45) is 5.92 Å². The Kier molecular flexibility index (Phi) is 3.42. The molecule has 0 fully saturated rings. The molecule has 1 aliphatic rings. The molecule has 0 spiro atoms. The molecule has 1 aliphatic heterocycles. The van der Waals surface area contributed by atoms with Crippen molar-refractivity contribution in [2.45, 2.75) is 32.6 Å². The highest BCUT2D eigenvalue weighted by molar-refractivity contribution is 5.97. The van der Waals surface area contributed by atoms with Gasteiger partial charge in [-0.1, -0.05) is 13.3 Å². The summed E-state index contributed by atoms with van der Waals surface area (Å²) < 4.78 is 9.94. The molecule has 1 N–H and O–H groups in total. The van der Waals surface area contributed by atoms with Gasteiger partial charge in [0, 0.05) is 12.0 Å². The van der Waals surface area contributed by atoms with Gasteiger partial charge in [-0.25, -0.2) is 4.79 Å². The van der Waals surface area contributed by atoms with Crippen LogP contribution in [0.5, 0.6) is 5.75 Å². The maximum atomic E-state index is 11.9. The Labute approximate surface area is 109 Å². The third-order valence-electron chi connectivity index (χ3n) is 3.18. The van der Waals surface area contributed by atoms with Crippen LogP contribution in [0.15, 0.2) is 15.3 Å². The Bertz CT molecular complexity index is 585. The monoisotopic (exact) mass is 266 g/mol. The van der Waals surface area contributed by atoms with Crippen LogP contribution in [0.3, 0.4) is 0 Å². The summed E-state index contributed by atoms with van der Waals surface area (Å²) in [4.78, 5) is 34.9. The maximum Gasteiger partial charge on any atom is 0.343 e. The van der Waals surface area contributed by atoms with Gasteiger partial charge < -0.3 is 14.3 Å². The van der Waals surface area contributed by atoms with Gasteiger partial charge in [0.2, 0.25) is 0 Å². The number of aryl methyl sites for hydroxylation is 1. The largest absolute Gasteiger partial charge is 0.481 e. The van der Waals surface area contributed by atoms with E-state index >= 15 is 0 Å². The standard InChI is InChI=1S/C13H14O6/c1-3-4-7-9-8(5-6(2)18-12(9)16)19-13(17)10(7)11(14)15/h5,7,10H,3-4H2,1-2H3,(H,14,15)/t7-,10-/m0/s1. The van der Waals surface area contributed by atoms with Crippen molar-refractivity contribution in [2.75, 3.05) is 0 Å². The van der Waals surface area contributed by atoms with Crippen LogP contribution in [-0.4, -0.2) is 17.0 Å². The van der Waals surface area contributed by atoms with E-state index in [0.717, 1.165) is 0 Å². The molecule has 0 saturated carbocycles. The lowest BCUT2D eigenvalue weighted by molar-refractivity contribution is -0.155. The van der Waals surface area contributed by atoms with Gasteiger partial charge in [-0.05, 0) is 13.3 Å². The molecule has 0 saturated heterocycles. The molecule has 0 amide bonds. The number of carboxylic acid groups (broad SMARTS) is 1. The van der Waals surface area contributed by atoms with E-state index < -0.39 is 29.4 Å². The Morgan fingerprint density at radius 2 is 2.11 bits per heavy atom. The number of carboxylic acids is 1. The number of carbonyl (C=O) groups is 2. The molecule has 1 aromatic rings. The molecule has 0 aromatic carbocycles. The SMILES string of the molecule is CCC[C@H]1c2c(cc(C)oc2=O)OC(=O)[C@@H]1C(=O)O. The summed E-state index contributed by atoms with van der Waals surface area (Å²) in [5, 5.41) is 9.14. The molecular weight excluding hydrogens is 252 g/mol. The zero-order chi connectivity index (χ0) is 14.2. The summed E-state index contributed by atoms with van der Waals surface area (Å²) in [6.07, 6.45) is 1.06. The average molecular weight is 266 g/mol. The predicted molar refractivity (Wildman–Crippen MR) is 64.1 cm³/mol. The van der Waals surface area contributed by atoms with Gasteiger partial charge in [-0.3, -0.25) is 9.59 Å². The average Bonchev–Trinajstić information content (AvgIpc) is 2.26. The minimum Gasteiger partial charge on any atom is -0.481 e. The summed E-state index contributed by atoms with van der Waals surface area (Å²) in [5.41, 5.74) is -0.480. The van der Waals surface area contributed by atoms with Crippen LogP contribution in [0.25, 0.3) is 0 Å². The molecular formula is C13H14O6. The normalized spacial score (nSPS) is 21.7. The molecule has 6 heteroatoms. The third kappa shape index (κ3) is 2.25. The molecule has 2 atom stereocenters. The second-order valence-electron chi connectivity index (χ2n) is 4.55. The summed E-state index contributed by atoms with van der Waals surface area (Å²) in [5.74, 6) is -3.72. The smallest absolute Gasteiger partial charge is 0.343 e. The van der Waals surface area contributed by atoms with Crippen LogP contribution in [0, 0.1) is 12.8 Å². The first-order valence-corrected chi connectivity index (χ1v) is 6.04. The van der Waals surface area contributed by atoms with Gasteiger partial charge in [-0.15, -0.1) is 0 Å². The van der Waals surface area contributed by atoms with Crippen molar-refractivity contribution in [3.63, 3.8) is 0 Å². The zero-order valence-corrected chi connectivity index (χ0v) is 10.6. The predicted octanol–water partition coefficient (Wildman–Crippen LogP) is 1.45. The number of hydrogen-bond donors (Lipinski definition) is 1. The van der Waals surface area contributed by atoms with Gasteiger partial charge >= 0.3 is 17.6 Å². The third-order valence-corrected chi connectivity index (χ3v) is 3.18. The summed E-state index contributed by atoms with van der Waals surface area (Å²) in [6, 6.07) is 1.44. The minimum atomic E-state index is -1.35. The fraction of sp³-hybridized carbons (Fsp3) is 0.462. The number of ether oxygens (including phenoxy) is 1. The van der Waals surface area contributed by atoms with Gasteiger partial charge in [0.25, 0.3) is 0 Å². The molecule has 102 valence electrons. The number of aliphatic carboxylic acids is 1. The Morgan fingerprint density at radius 3 is 2.68 bits per heavy atom. The second-order valence-corrected chi connectivity index (χ2v) is 4.55. The number of rotatable bonds is 3. The zero-order valence-electron chi connectivity index (χ0n) is 10.6. The van der Waals surface area contributed by atoms with Gasteiger partial charge in [0.15, 0.2) is 5.92 Å². The summed E-state index contributed by atoms with van der Waals surface area (Å²) in [6.45, 7) is 3.42. The highest BCUT2D eigenvalue weighted by Gasteiger charge is 2.44. The maximum absolute atomic E-state index is 11.9. The molecule has 2 heterocycles. The van der Waals surface area contributed by atoms with E-state index in [2.05, 4.69) is 0 Å². The first-order valence-electron chi connectivity index (χ1n) is 6.04. The fourth-order valence-corrected chi connectivity index (χ4v) is 2.41. The van der Waals surface area contributed by atoms with Crippen LogP contribution in [0.4, 0.5) is 0 Å². The molecule has 0 radical (unpaired) electrons. The van der Waals surface area contributed by atoms with Crippen molar-refractivity contribution in [3.8, 4) is 5.75 Å². The lowest BCUT2D eigenvalue weighted by Gasteiger charge is -2.28. The quantitative estimate of drug-likeness (QED) is 0.657. The number of carbonyl (C=O) groups excluding carboxylic acids is 1. The molecule has 0 bridgehead atoms. The summed E-state index contributed by atoms with van der Waals surface area (Å²) in [7, 11) is 0. The van der Waals surface area contributed by atoms with E-state index in [9.17, 15) is 14.4 Å². The molecule has 19 heavy (non-hydrogen) atoms. The highest BCUT2D eigenvalue weighted by Crippen LogP contribution is 2.39. The van der Waals surface area contributed by atoms with Crippen molar-refractivity contribution in [1.29, 1.82) is 0 Å². The van der Waals surface area contributed by atoms with Crippen LogP contribution in [-0.2, 0) is 9.59 Å². The Hall–Kier alpha value is -2.11. The van der Waals surface area contributed by atoms with Crippen LogP contribution in [0.1, 0.15) is 37.0 Å². The Morgan fingerprint density at radius 1 is 1.42 bits per heavy atom. The highest BCUT2D eigenvalue weighted by atomic mass is 16.5. The fourth-order valence-electron chi connectivity index (χ4n) is 2.41. The first kappa shape index (κ1) is 13.3. The second kappa shape index (κ2) is 4.87. The topological polar surface area (TPSA) is 93.8 Å². The lowest BCUT2D eigenvalue weighted by atomic mass is 9.81. The van der Waals surface area contributed by atoms with Gasteiger partial charge in [0.05, 0.1) is 5.56 Å². The van der Waals surface area contributed by atoms with E-state index in [1.165, 1.54) is 6.07 Å². The first-order chi connectivity index (χ1) is 8.95. The molecule has 6 nitrogen and oxygen atoms in total. The Balaban J connectivity index is 2.62. The van der Waals surface area contributed by atoms with Gasteiger partial charge in [-0.2, -0.15) is 0 Å².